The lowest BCUT2D eigenvalue weighted by Crippen LogP contribution is -2.37. The van der Waals surface area contributed by atoms with E-state index >= 15 is 0 Å². The van der Waals surface area contributed by atoms with E-state index in [2.05, 4.69) is 17.0 Å². The highest BCUT2D eigenvalue weighted by Crippen LogP contribution is 2.25. The van der Waals surface area contributed by atoms with Crippen molar-refractivity contribution in [2.45, 2.75) is 50.1 Å². The molecule has 0 radical (unpaired) electrons. The van der Waals surface area contributed by atoms with Crippen LogP contribution in [0.15, 0.2) is 23.1 Å². The van der Waals surface area contributed by atoms with E-state index in [4.69, 9.17) is 0 Å². The van der Waals surface area contributed by atoms with Crippen LogP contribution in [0.1, 0.15) is 38.2 Å². The molecule has 1 saturated carbocycles. The van der Waals surface area contributed by atoms with Crippen LogP contribution in [-0.2, 0) is 16.6 Å². The van der Waals surface area contributed by atoms with Gasteiger partial charge in [-0.15, -0.1) is 0 Å². The number of hydrogen-bond acceptors (Lipinski definition) is 3. The summed E-state index contributed by atoms with van der Waals surface area (Å²) < 4.78 is 41.1. The fourth-order valence-electron chi connectivity index (χ4n) is 2.71. The van der Waals surface area contributed by atoms with Gasteiger partial charge in [-0.1, -0.05) is 6.92 Å². The minimum Gasteiger partial charge on any atom is -0.316 e. The standard InChI is InChI=1S/C15H23FN2O2S/c1-11-3-5-13(6-4-11)18-21(19,20)14-7-8-15(16)12(9-14)10-17-2/h7-9,11,13,17-18H,3-6,10H2,1-2H3. The molecule has 0 saturated heterocycles. The molecule has 1 aliphatic carbocycles. The predicted molar refractivity (Wildman–Crippen MR) is 80.9 cm³/mol. The molecule has 6 heteroatoms. The van der Waals surface area contributed by atoms with Crippen LogP contribution in [0.5, 0.6) is 0 Å². The summed E-state index contributed by atoms with van der Waals surface area (Å²) in [7, 11) is -1.88. The second kappa shape index (κ2) is 6.85. The molecule has 0 unspecified atom stereocenters. The summed E-state index contributed by atoms with van der Waals surface area (Å²) in [5.41, 5.74) is 0.359. The van der Waals surface area contributed by atoms with E-state index in [0.29, 0.717) is 18.0 Å². The van der Waals surface area contributed by atoms with Crippen LogP contribution < -0.4 is 10.0 Å². The average Bonchev–Trinajstić information content (AvgIpc) is 2.43. The van der Waals surface area contributed by atoms with Crippen molar-refractivity contribution in [3.63, 3.8) is 0 Å². The van der Waals surface area contributed by atoms with Gasteiger partial charge in [-0.3, -0.25) is 0 Å². The first-order valence-corrected chi connectivity index (χ1v) is 8.86. The summed E-state index contributed by atoms with van der Waals surface area (Å²) in [6, 6.07) is 3.93. The Morgan fingerprint density at radius 3 is 2.52 bits per heavy atom. The van der Waals surface area contributed by atoms with E-state index < -0.39 is 15.8 Å². The normalized spacial score (nSPS) is 23.2. The molecule has 2 N–H and O–H groups in total. The molecule has 2 rings (SSSR count). The molecule has 1 aromatic rings. The third kappa shape index (κ3) is 4.25. The van der Waals surface area contributed by atoms with Crippen molar-refractivity contribution in [3.8, 4) is 0 Å². The van der Waals surface area contributed by atoms with E-state index in [1.165, 1.54) is 18.2 Å². The highest BCUT2D eigenvalue weighted by atomic mass is 32.2. The van der Waals surface area contributed by atoms with Crippen LogP contribution in [0.25, 0.3) is 0 Å². The number of rotatable bonds is 5. The van der Waals surface area contributed by atoms with Gasteiger partial charge in [0.1, 0.15) is 5.82 Å². The molecule has 0 aromatic heterocycles. The van der Waals surface area contributed by atoms with E-state index in [1.807, 2.05) is 0 Å². The molecule has 1 aromatic carbocycles. The summed E-state index contributed by atoms with van der Waals surface area (Å²) in [5.74, 6) is 0.272. The zero-order chi connectivity index (χ0) is 15.5. The van der Waals surface area contributed by atoms with Gasteiger partial charge in [0.2, 0.25) is 10.0 Å². The molecular weight excluding hydrogens is 291 g/mol. The lowest BCUT2D eigenvalue weighted by atomic mass is 9.88. The Bertz CT molecular complexity index is 581. The lowest BCUT2D eigenvalue weighted by molar-refractivity contribution is 0.332. The molecule has 118 valence electrons. The molecule has 0 heterocycles. The summed E-state index contributed by atoms with van der Waals surface area (Å²) in [5, 5.41) is 2.83. The maximum absolute atomic E-state index is 13.6. The summed E-state index contributed by atoms with van der Waals surface area (Å²) in [4.78, 5) is 0.132. The van der Waals surface area contributed by atoms with E-state index in [9.17, 15) is 12.8 Å². The molecule has 4 nitrogen and oxygen atoms in total. The molecule has 0 aliphatic heterocycles. The predicted octanol–water partition coefficient (Wildman–Crippen LogP) is 2.40. The van der Waals surface area contributed by atoms with Crippen LogP contribution in [0.2, 0.25) is 0 Å². The second-order valence-corrected chi connectivity index (χ2v) is 7.58. The second-order valence-electron chi connectivity index (χ2n) is 5.86. The Kier molecular flexibility index (Phi) is 5.35. The Morgan fingerprint density at radius 1 is 1.24 bits per heavy atom. The van der Waals surface area contributed by atoms with Crippen molar-refractivity contribution in [2.75, 3.05) is 7.05 Å². The van der Waals surface area contributed by atoms with Crippen molar-refractivity contribution < 1.29 is 12.8 Å². The number of benzene rings is 1. The molecule has 0 amide bonds. The van der Waals surface area contributed by atoms with E-state index in [1.54, 1.807) is 7.05 Å². The molecule has 0 spiro atoms. The minimum atomic E-state index is -3.58. The van der Waals surface area contributed by atoms with Crippen LogP contribution in [0, 0.1) is 11.7 Å². The number of nitrogens with one attached hydrogen (secondary N) is 2. The van der Waals surface area contributed by atoms with Gasteiger partial charge >= 0.3 is 0 Å². The average molecular weight is 314 g/mol. The van der Waals surface area contributed by atoms with Gasteiger partial charge in [-0.2, -0.15) is 0 Å². The molecule has 0 bridgehead atoms. The van der Waals surface area contributed by atoms with Gasteiger partial charge in [-0.25, -0.2) is 17.5 Å². The quantitative estimate of drug-likeness (QED) is 0.877. The maximum atomic E-state index is 13.6. The summed E-state index contributed by atoms with van der Waals surface area (Å²) >= 11 is 0. The Balaban J connectivity index is 2.13. The SMILES string of the molecule is CNCc1cc(S(=O)(=O)NC2CCC(C)CC2)ccc1F. The first kappa shape index (κ1) is 16.4. The first-order chi connectivity index (χ1) is 9.92. The van der Waals surface area contributed by atoms with Crippen molar-refractivity contribution in [1.29, 1.82) is 0 Å². The van der Waals surface area contributed by atoms with Gasteiger partial charge in [0, 0.05) is 18.2 Å². The highest BCUT2D eigenvalue weighted by Gasteiger charge is 2.24. The first-order valence-electron chi connectivity index (χ1n) is 7.37. The Morgan fingerprint density at radius 2 is 1.90 bits per heavy atom. The summed E-state index contributed by atoms with van der Waals surface area (Å²) in [6.07, 6.45) is 3.82. The van der Waals surface area contributed by atoms with Crippen LogP contribution in [-0.4, -0.2) is 21.5 Å². The molecule has 1 aliphatic rings. The third-order valence-corrected chi connectivity index (χ3v) is 5.55. The van der Waals surface area contributed by atoms with Gasteiger partial charge < -0.3 is 5.32 Å². The topological polar surface area (TPSA) is 58.2 Å². The van der Waals surface area contributed by atoms with Gasteiger partial charge in [-0.05, 0) is 56.8 Å². The van der Waals surface area contributed by atoms with E-state index in [-0.39, 0.29) is 10.9 Å². The fraction of sp³-hybridized carbons (Fsp3) is 0.600. The van der Waals surface area contributed by atoms with Crippen molar-refractivity contribution in [2.24, 2.45) is 5.92 Å². The number of sulfonamides is 1. The lowest BCUT2D eigenvalue weighted by Gasteiger charge is -2.26. The smallest absolute Gasteiger partial charge is 0.240 e. The van der Waals surface area contributed by atoms with Crippen LogP contribution in [0.3, 0.4) is 0 Å². The minimum absolute atomic E-state index is 0.0102. The van der Waals surface area contributed by atoms with Crippen molar-refractivity contribution in [1.82, 2.24) is 10.0 Å². The molecule has 21 heavy (non-hydrogen) atoms. The van der Waals surface area contributed by atoms with Crippen molar-refractivity contribution >= 4 is 10.0 Å². The van der Waals surface area contributed by atoms with Gasteiger partial charge in [0.15, 0.2) is 0 Å². The van der Waals surface area contributed by atoms with Gasteiger partial charge in [0.25, 0.3) is 0 Å². The van der Waals surface area contributed by atoms with Crippen LogP contribution in [0.4, 0.5) is 4.39 Å². The summed E-state index contributed by atoms with van der Waals surface area (Å²) in [6.45, 7) is 2.49. The fourth-order valence-corrected chi connectivity index (χ4v) is 4.06. The van der Waals surface area contributed by atoms with Crippen LogP contribution >= 0.6 is 0 Å². The Hall–Kier alpha value is -0.980. The third-order valence-electron chi connectivity index (χ3n) is 4.03. The molecular formula is C15H23FN2O2S. The zero-order valence-electron chi connectivity index (χ0n) is 12.5. The van der Waals surface area contributed by atoms with E-state index in [0.717, 1.165) is 25.7 Å². The van der Waals surface area contributed by atoms with Crippen molar-refractivity contribution in [3.05, 3.63) is 29.6 Å². The molecule has 1 fully saturated rings. The highest BCUT2D eigenvalue weighted by molar-refractivity contribution is 7.89. The monoisotopic (exact) mass is 314 g/mol. The number of hydrogen-bond donors (Lipinski definition) is 2. The zero-order valence-corrected chi connectivity index (χ0v) is 13.3. The number of halogens is 1. The maximum Gasteiger partial charge on any atom is 0.240 e. The molecule has 0 atom stereocenters. The largest absolute Gasteiger partial charge is 0.316 e. The van der Waals surface area contributed by atoms with Gasteiger partial charge in [0.05, 0.1) is 4.90 Å². The Labute approximate surface area is 126 Å².